The molecule has 0 spiro atoms. The first-order chi connectivity index (χ1) is 17.6. The van der Waals surface area contributed by atoms with E-state index in [1.165, 1.54) is 0 Å². The maximum Gasteiger partial charge on any atom is 0.391 e. The van der Waals surface area contributed by atoms with Gasteiger partial charge in [-0.1, -0.05) is 6.42 Å². The Hall–Kier alpha value is -0.840. The molecule has 4 fully saturated rings. The van der Waals surface area contributed by atoms with Crippen LogP contribution in [-0.2, 0) is 4.79 Å². The van der Waals surface area contributed by atoms with Crippen LogP contribution in [-0.4, -0.2) is 53.7 Å². The number of amides is 1. The lowest BCUT2D eigenvalue weighted by Crippen LogP contribution is -2.52. The minimum absolute atomic E-state index is 0.00473. The fraction of sp³-hybridized carbons (Fsp3) is 0.920. The van der Waals surface area contributed by atoms with Crippen LogP contribution in [0.25, 0.3) is 0 Å². The summed E-state index contributed by atoms with van der Waals surface area (Å²) in [7, 11) is 0. The first-order valence-electron chi connectivity index (χ1n) is 13.7. The maximum absolute atomic E-state index is 13.7. The predicted octanol–water partition coefficient (Wildman–Crippen LogP) is 5.15. The van der Waals surface area contributed by atoms with Gasteiger partial charge in [0.05, 0.1) is 12.1 Å². The van der Waals surface area contributed by atoms with Crippen LogP contribution in [0.2, 0.25) is 0 Å². The molecule has 4 N–H and O–H groups in total. The molecule has 6 nitrogen and oxygen atoms in total. The van der Waals surface area contributed by atoms with Gasteiger partial charge in [0.15, 0.2) is 5.96 Å². The lowest BCUT2D eigenvalue weighted by Gasteiger charge is -2.30. The minimum Gasteiger partial charge on any atom is -0.339 e. The Bertz CT molecular complexity index is 796. The molecule has 212 valence electrons. The number of nitrogens with one attached hydrogen (secondary N) is 4. The van der Waals surface area contributed by atoms with Crippen molar-refractivity contribution in [3.63, 3.8) is 0 Å². The Kier molecular flexibility index (Phi) is 10.2. The van der Waals surface area contributed by atoms with Crippen molar-refractivity contribution in [3.05, 3.63) is 0 Å². The van der Waals surface area contributed by atoms with Gasteiger partial charge in [0, 0.05) is 29.3 Å². The molecule has 1 saturated heterocycles. The second-order valence-corrected chi connectivity index (χ2v) is 12.5. The number of nitrogens with zero attached hydrogens (tertiary/aromatic N) is 1. The molecule has 0 aromatic heterocycles. The third-order valence-electron chi connectivity index (χ3n) is 8.59. The molecule has 0 bridgehead atoms. The van der Waals surface area contributed by atoms with Crippen LogP contribution >= 0.6 is 23.2 Å². The molecule has 3 aliphatic carbocycles. The van der Waals surface area contributed by atoms with Crippen molar-refractivity contribution >= 4 is 35.1 Å². The van der Waals surface area contributed by atoms with Gasteiger partial charge < -0.3 is 5.32 Å². The van der Waals surface area contributed by atoms with Crippen molar-refractivity contribution in [3.8, 4) is 0 Å². The normalized spacial score (nSPS) is 39.8. The second kappa shape index (κ2) is 13.0. The Morgan fingerprint density at radius 2 is 1.70 bits per heavy atom. The Morgan fingerprint density at radius 3 is 2.38 bits per heavy atom. The Morgan fingerprint density at radius 1 is 0.946 bits per heavy atom. The Balaban J connectivity index is 1.36. The van der Waals surface area contributed by atoms with Crippen LogP contribution in [0, 0.1) is 23.7 Å². The van der Waals surface area contributed by atoms with Gasteiger partial charge in [-0.2, -0.15) is 13.2 Å². The molecule has 4 aliphatic rings. The molecule has 0 aromatic rings. The number of rotatable bonds is 5. The monoisotopic (exact) mass is 571 g/mol. The Labute approximate surface area is 226 Å². The number of halogens is 6. The van der Waals surface area contributed by atoms with E-state index in [9.17, 15) is 22.4 Å². The smallest absolute Gasteiger partial charge is 0.339 e. The van der Waals surface area contributed by atoms with E-state index in [0.29, 0.717) is 25.3 Å². The summed E-state index contributed by atoms with van der Waals surface area (Å²) in [5, 5.41) is 5.99. The van der Waals surface area contributed by atoms with E-state index in [2.05, 4.69) is 26.5 Å². The fourth-order valence-corrected chi connectivity index (χ4v) is 7.03. The highest BCUT2D eigenvalue weighted by Crippen LogP contribution is 2.39. The molecule has 1 heterocycles. The van der Waals surface area contributed by atoms with Crippen LogP contribution in [0.3, 0.4) is 0 Å². The zero-order valence-corrected chi connectivity index (χ0v) is 22.5. The van der Waals surface area contributed by atoms with Crippen molar-refractivity contribution in [1.82, 2.24) is 21.5 Å². The summed E-state index contributed by atoms with van der Waals surface area (Å²) < 4.78 is 52.8. The van der Waals surface area contributed by atoms with E-state index < -0.39 is 24.2 Å². The summed E-state index contributed by atoms with van der Waals surface area (Å²) in [6.45, 7) is 0.338. The van der Waals surface area contributed by atoms with Gasteiger partial charge in [-0.3, -0.25) is 20.5 Å². The fourth-order valence-electron chi connectivity index (χ4n) is 6.25. The second-order valence-electron chi connectivity index (χ2n) is 11.3. The quantitative estimate of drug-likeness (QED) is 0.159. The van der Waals surface area contributed by atoms with E-state index in [1.807, 2.05) is 0 Å². The number of alkyl halides is 6. The number of hydrogen-bond donors (Lipinski definition) is 4. The minimum atomic E-state index is -4.22. The van der Waals surface area contributed by atoms with E-state index in [-0.39, 0.29) is 72.9 Å². The predicted molar refractivity (Wildman–Crippen MR) is 137 cm³/mol. The molecule has 7 unspecified atom stereocenters. The van der Waals surface area contributed by atoms with Gasteiger partial charge in [0.1, 0.15) is 6.17 Å². The maximum atomic E-state index is 13.7. The highest BCUT2D eigenvalue weighted by Gasteiger charge is 2.42. The van der Waals surface area contributed by atoms with Crippen LogP contribution in [0.5, 0.6) is 0 Å². The molecule has 3 saturated carbocycles. The van der Waals surface area contributed by atoms with Gasteiger partial charge in [-0.25, -0.2) is 9.82 Å². The topological polar surface area (TPSA) is 77.5 Å². The molecule has 4 rings (SSSR count). The SMILES string of the molecule is O=C(NC(=NCC1CCC(F)CC1Cl)NC1CC(C2CCCC(Cl)C2)NN1)C1CCC(C(F)(F)F)CC1. The van der Waals surface area contributed by atoms with Gasteiger partial charge in [-0.15, -0.1) is 23.2 Å². The highest BCUT2D eigenvalue weighted by molar-refractivity contribution is 6.21. The van der Waals surface area contributed by atoms with Crippen LogP contribution in [0.15, 0.2) is 4.99 Å². The van der Waals surface area contributed by atoms with Gasteiger partial charge in [0.2, 0.25) is 5.91 Å². The van der Waals surface area contributed by atoms with Gasteiger partial charge >= 0.3 is 6.18 Å². The van der Waals surface area contributed by atoms with E-state index in [1.54, 1.807) is 0 Å². The summed E-state index contributed by atoms with van der Waals surface area (Å²) >= 11 is 12.8. The molecule has 1 aliphatic heterocycles. The van der Waals surface area contributed by atoms with Crippen molar-refractivity contribution in [1.29, 1.82) is 0 Å². The molecule has 7 atom stereocenters. The first kappa shape index (κ1) is 29.2. The average molecular weight is 573 g/mol. The molecule has 0 radical (unpaired) electrons. The van der Waals surface area contributed by atoms with Crippen molar-refractivity contribution < 1.29 is 22.4 Å². The van der Waals surface area contributed by atoms with Crippen molar-refractivity contribution in [2.75, 3.05) is 6.54 Å². The van der Waals surface area contributed by atoms with Gasteiger partial charge in [-0.05, 0) is 82.5 Å². The third kappa shape index (κ3) is 8.32. The van der Waals surface area contributed by atoms with Gasteiger partial charge in [0.25, 0.3) is 0 Å². The van der Waals surface area contributed by atoms with E-state index in [4.69, 9.17) is 23.2 Å². The molecule has 37 heavy (non-hydrogen) atoms. The van der Waals surface area contributed by atoms with E-state index in [0.717, 1.165) is 32.1 Å². The zero-order valence-electron chi connectivity index (χ0n) is 21.0. The summed E-state index contributed by atoms with van der Waals surface area (Å²) in [5.74, 6) is -1.41. The molecule has 12 heteroatoms. The standard InChI is InChI=1S/C25H39Cl2F4N5O/c26-18-3-1-2-15(10-18)21-12-22(36-35-21)33-24(32-13-16-6-9-19(28)11-20(16)27)34-23(37)14-4-7-17(8-5-14)25(29,30)31/h14-22,35-36H,1-13H2,(H2,32,33,34,37). The number of hydrogen-bond acceptors (Lipinski definition) is 4. The number of carbonyl (C=O) groups excluding carboxylic acids is 1. The van der Waals surface area contributed by atoms with Crippen molar-refractivity contribution in [2.45, 2.75) is 112 Å². The highest BCUT2D eigenvalue weighted by atomic mass is 35.5. The summed E-state index contributed by atoms with van der Waals surface area (Å²) in [6, 6.07) is 0.237. The van der Waals surface area contributed by atoms with Crippen molar-refractivity contribution in [2.24, 2.45) is 28.7 Å². The van der Waals surface area contributed by atoms with Crippen LogP contribution in [0.1, 0.15) is 77.0 Å². The first-order valence-corrected chi connectivity index (χ1v) is 14.6. The largest absolute Gasteiger partial charge is 0.391 e. The van der Waals surface area contributed by atoms with Crippen LogP contribution < -0.4 is 21.5 Å². The molecular weight excluding hydrogens is 533 g/mol. The number of hydrazine groups is 1. The average Bonchev–Trinajstić information content (AvgIpc) is 3.31. The third-order valence-corrected chi connectivity index (χ3v) is 9.52. The van der Waals surface area contributed by atoms with Crippen LogP contribution in [0.4, 0.5) is 17.6 Å². The lowest BCUT2D eigenvalue weighted by atomic mass is 9.81. The summed E-state index contributed by atoms with van der Waals surface area (Å²) in [5.41, 5.74) is 6.59. The van der Waals surface area contributed by atoms with E-state index >= 15 is 0 Å². The lowest BCUT2D eigenvalue weighted by molar-refractivity contribution is -0.184. The summed E-state index contributed by atoms with van der Waals surface area (Å²) in [6.07, 6.45) is 1.35. The molecular formula is C25H39Cl2F4N5O. The molecule has 0 aromatic carbocycles. The number of aliphatic imine (C=N–C) groups is 1. The summed E-state index contributed by atoms with van der Waals surface area (Å²) in [4.78, 5) is 17.6. The number of carbonyl (C=O) groups is 1. The zero-order chi connectivity index (χ0) is 26.6. The number of guanidine groups is 1. The molecule has 1 amide bonds.